The molecular formula is C19H21N3O3. The topological polar surface area (TPSA) is 79.4 Å². The number of nitrogens with zero attached hydrogens (tertiary/aromatic N) is 2. The molecule has 2 bridgehead atoms. The lowest BCUT2D eigenvalue weighted by Gasteiger charge is -2.38. The zero-order chi connectivity index (χ0) is 17.6. The van der Waals surface area contributed by atoms with Gasteiger partial charge in [0.1, 0.15) is 11.9 Å². The Bertz CT molecular complexity index is 714. The largest absolute Gasteiger partial charge is 0.309 e. The number of aromatic nitrogens is 1. The average molecular weight is 339 g/mol. The Morgan fingerprint density at radius 2 is 1.84 bits per heavy atom. The summed E-state index contributed by atoms with van der Waals surface area (Å²) in [6.45, 7) is 1.82. The maximum atomic E-state index is 13.0. The fraction of sp³-hybridized carbons (Fsp3) is 0.474. The molecule has 2 heterocycles. The van der Waals surface area contributed by atoms with Gasteiger partial charge in [0.05, 0.1) is 11.8 Å². The molecule has 5 atom stereocenters. The maximum Gasteiger partial charge on any atom is 0.248 e. The van der Waals surface area contributed by atoms with Crippen molar-refractivity contribution in [3.05, 3.63) is 36.5 Å². The Morgan fingerprint density at radius 1 is 1.20 bits per heavy atom. The molecule has 5 rings (SSSR count). The summed E-state index contributed by atoms with van der Waals surface area (Å²) in [5.41, 5.74) is 0. The van der Waals surface area contributed by atoms with E-state index in [0.29, 0.717) is 12.2 Å². The van der Waals surface area contributed by atoms with Gasteiger partial charge in [-0.2, -0.15) is 0 Å². The molecule has 0 aromatic carbocycles. The molecule has 4 aliphatic rings. The Labute approximate surface area is 146 Å². The minimum Gasteiger partial charge on any atom is -0.309 e. The van der Waals surface area contributed by atoms with Gasteiger partial charge in [0.2, 0.25) is 17.7 Å². The van der Waals surface area contributed by atoms with Crippen molar-refractivity contribution in [2.45, 2.75) is 32.2 Å². The molecule has 1 saturated carbocycles. The molecule has 0 spiro atoms. The molecule has 25 heavy (non-hydrogen) atoms. The lowest BCUT2D eigenvalue weighted by molar-refractivity contribution is -0.146. The summed E-state index contributed by atoms with van der Waals surface area (Å²) in [7, 11) is 0. The van der Waals surface area contributed by atoms with E-state index in [2.05, 4.69) is 22.5 Å². The zero-order valence-electron chi connectivity index (χ0n) is 14.1. The summed E-state index contributed by atoms with van der Waals surface area (Å²) in [5.74, 6) is -0.610. The Kier molecular flexibility index (Phi) is 3.90. The normalized spacial score (nSPS) is 31.2. The standard InChI is InChI=1S/C19H21N3O3/c1-2-13(17(23)21-14-5-3-4-10-20-14)22-18(24)15-11-6-7-12(9-8-11)16(15)19(22)25/h3-7,10-13,15-16H,2,8-9H2,1H3,(H,20,21,23). The first kappa shape index (κ1) is 16.0. The Hall–Kier alpha value is -2.50. The predicted molar refractivity (Wildman–Crippen MR) is 91.1 cm³/mol. The van der Waals surface area contributed by atoms with Gasteiger partial charge < -0.3 is 5.32 Å². The number of fused-ring (bicyclic) bond motifs is 1. The van der Waals surface area contributed by atoms with Gasteiger partial charge in [0, 0.05) is 6.20 Å². The third kappa shape index (κ3) is 2.47. The van der Waals surface area contributed by atoms with Crippen LogP contribution in [0.2, 0.25) is 0 Å². The van der Waals surface area contributed by atoms with Crippen LogP contribution in [0.3, 0.4) is 0 Å². The molecule has 3 amide bonds. The Morgan fingerprint density at radius 3 is 2.32 bits per heavy atom. The summed E-state index contributed by atoms with van der Waals surface area (Å²) >= 11 is 0. The highest BCUT2D eigenvalue weighted by molar-refractivity contribution is 6.10. The van der Waals surface area contributed by atoms with Crippen LogP contribution in [0.4, 0.5) is 5.82 Å². The first-order valence-electron chi connectivity index (χ1n) is 8.89. The van der Waals surface area contributed by atoms with E-state index in [1.165, 1.54) is 4.90 Å². The van der Waals surface area contributed by atoms with Crippen molar-refractivity contribution >= 4 is 23.5 Å². The summed E-state index contributed by atoms with van der Waals surface area (Å²) in [5, 5.41) is 2.72. The van der Waals surface area contributed by atoms with Crippen LogP contribution in [0, 0.1) is 23.7 Å². The summed E-state index contributed by atoms with van der Waals surface area (Å²) in [6.07, 6.45) is 8.04. The van der Waals surface area contributed by atoms with Crippen molar-refractivity contribution in [2.24, 2.45) is 23.7 Å². The van der Waals surface area contributed by atoms with Gasteiger partial charge in [-0.15, -0.1) is 0 Å². The minimum atomic E-state index is -0.785. The number of nitrogens with one attached hydrogen (secondary N) is 1. The third-order valence-electron chi connectivity index (χ3n) is 5.71. The quantitative estimate of drug-likeness (QED) is 0.672. The molecule has 130 valence electrons. The molecule has 3 aliphatic carbocycles. The van der Waals surface area contributed by atoms with E-state index in [0.717, 1.165) is 12.8 Å². The predicted octanol–water partition coefficient (Wildman–Crippen LogP) is 2.00. The highest BCUT2D eigenvalue weighted by Crippen LogP contribution is 2.50. The van der Waals surface area contributed by atoms with Gasteiger partial charge in [-0.25, -0.2) is 4.98 Å². The lowest BCUT2D eigenvalue weighted by atomic mass is 9.63. The molecule has 5 unspecified atom stereocenters. The number of amides is 3. The first-order chi connectivity index (χ1) is 12.1. The van der Waals surface area contributed by atoms with E-state index in [1.807, 2.05) is 6.92 Å². The minimum absolute atomic E-state index is 0.132. The van der Waals surface area contributed by atoms with Gasteiger partial charge >= 0.3 is 0 Å². The monoisotopic (exact) mass is 339 g/mol. The van der Waals surface area contributed by atoms with E-state index in [4.69, 9.17) is 0 Å². The van der Waals surface area contributed by atoms with E-state index in [1.54, 1.807) is 24.4 Å². The van der Waals surface area contributed by atoms with E-state index >= 15 is 0 Å². The number of allylic oxidation sites excluding steroid dienone is 2. The van der Waals surface area contributed by atoms with Crippen molar-refractivity contribution < 1.29 is 14.4 Å². The number of anilines is 1. The van der Waals surface area contributed by atoms with Gasteiger partial charge in [-0.1, -0.05) is 25.1 Å². The van der Waals surface area contributed by atoms with Crippen LogP contribution in [0.1, 0.15) is 26.2 Å². The molecule has 1 aliphatic heterocycles. The number of hydrogen-bond acceptors (Lipinski definition) is 4. The second-order valence-corrected chi connectivity index (χ2v) is 7.02. The molecule has 1 N–H and O–H groups in total. The number of likely N-dealkylation sites (tertiary alicyclic amines) is 1. The fourth-order valence-corrected chi connectivity index (χ4v) is 4.54. The molecule has 1 aromatic heterocycles. The number of hydrogen-bond donors (Lipinski definition) is 1. The highest BCUT2D eigenvalue weighted by Gasteiger charge is 2.58. The van der Waals surface area contributed by atoms with Gasteiger partial charge in [0.25, 0.3) is 0 Å². The van der Waals surface area contributed by atoms with E-state index < -0.39 is 6.04 Å². The van der Waals surface area contributed by atoms with Crippen molar-refractivity contribution in [3.8, 4) is 0 Å². The van der Waals surface area contributed by atoms with Crippen LogP contribution in [0.25, 0.3) is 0 Å². The number of carbonyl (C=O) groups excluding carboxylic acids is 3. The van der Waals surface area contributed by atoms with Gasteiger partial charge in [0.15, 0.2) is 0 Å². The average Bonchev–Trinajstić information content (AvgIpc) is 2.92. The van der Waals surface area contributed by atoms with E-state index in [-0.39, 0.29) is 41.4 Å². The van der Waals surface area contributed by atoms with E-state index in [9.17, 15) is 14.4 Å². The number of carbonyl (C=O) groups is 3. The van der Waals surface area contributed by atoms with Crippen LogP contribution in [0.5, 0.6) is 0 Å². The lowest BCUT2D eigenvalue weighted by Crippen LogP contribution is -2.47. The second-order valence-electron chi connectivity index (χ2n) is 7.02. The first-order valence-corrected chi connectivity index (χ1v) is 8.89. The summed E-state index contributed by atoms with van der Waals surface area (Å²) < 4.78 is 0. The SMILES string of the molecule is CCC(C(=O)Nc1ccccn1)N1C(=O)C2C3C=CC(CC3)C2C1=O. The van der Waals surface area contributed by atoms with Crippen LogP contribution < -0.4 is 5.32 Å². The van der Waals surface area contributed by atoms with Gasteiger partial charge in [-0.3, -0.25) is 19.3 Å². The molecule has 0 radical (unpaired) electrons. The molecule has 2 fully saturated rings. The maximum absolute atomic E-state index is 13.0. The fourth-order valence-electron chi connectivity index (χ4n) is 4.54. The molecule has 1 aromatic rings. The number of imide groups is 1. The third-order valence-corrected chi connectivity index (χ3v) is 5.71. The van der Waals surface area contributed by atoms with Crippen molar-refractivity contribution in [1.29, 1.82) is 0 Å². The van der Waals surface area contributed by atoms with Gasteiger partial charge in [-0.05, 0) is 43.2 Å². The zero-order valence-corrected chi connectivity index (χ0v) is 14.1. The molecule has 6 nitrogen and oxygen atoms in total. The molecule has 1 saturated heterocycles. The van der Waals surface area contributed by atoms with Crippen LogP contribution >= 0.6 is 0 Å². The van der Waals surface area contributed by atoms with Crippen LogP contribution in [0.15, 0.2) is 36.5 Å². The number of rotatable bonds is 4. The van der Waals surface area contributed by atoms with Crippen LogP contribution in [-0.4, -0.2) is 33.6 Å². The summed E-state index contributed by atoms with van der Waals surface area (Å²) in [4.78, 5) is 43.9. The van der Waals surface area contributed by atoms with Crippen molar-refractivity contribution in [2.75, 3.05) is 5.32 Å². The van der Waals surface area contributed by atoms with Crippen LogP contribution in [-0.2, 0) is 14.4 Å². The number of pyridine rings is 1. The van der Waals surface area contributed by atoms with Crippen molar-refractivity contribution in [3.63, 3.8) is 0 Å². The summed E-state index contributed by atoms with van der Waals surface area (Å²) in [6, 6.07) is 4.43. The molecular weight excluding hydrogens is 318 g/mol. The highest BCUT2D eigenvalue weighted by atomic mass is 16.2. The second kappa shape index (κ2) is 6.10. The smallest absolute Gasteiger partial charge is 0.248 e. The Balaban J connectivity index is 1.58. The van der Waals surface area contributed by atoms with Crippen molar-refractivity contribution in [1.82, 2.24) is 9.88 Å². The molecule has 6 heteroatoms.